The van der Waals surface area contributed by atoms with Gasteiger partial charge >= 0.3 is 0 Å². The Bertz CT molecular complexity index is 703. The van der Waals surface area contributed by atoms with Gasteiger partial charge in [-0.25, -0.2) is 0 Å². The number of nitrogens with zero attached hydrogens (tertiary/aromatic N) is 1. The molecule has 22 heavy (non-hydrogen) atoms. The summed E-state index contributed by atoms with van der Waals surface area (Å²) < 4.78 is 0. The molecule has 1 unspecified atom stereocenters. The zero-order chi connectivity index (χ0) is 16.5. The Hall–Kier alpha value is -1.78. The fraction of sp³-hybridized carbons (Fsp3) is 0.250. The zero-order valence-electron chi connectivity index (χ0n) is 12.2. The van der Waals surface area contributed by atoms with Crippen LogP contribution in [-0.2, 0) is 4.79 Å². The number of carbonyl (C=O) groups is 1. The molecule has 1 aromatic heterocycles. The molecule has 6 heteroatoms. The molecule has 0 aliphatic heterocycles. The molecule has 0 radical (unpaired) electrons. The third-order valence-electron chi connectivity index (χ3n) is 3.79. The number of halogens is 2. The van der Waals surface area contributed by atoms with E-state index in [2.05, 4.69) is 4.98 Å². The Kier molecular flexibility index (Phi) is 4.63. The van der Waals surface area contributed by atoms with Gasteiger partial charge in [-0.2, -0.15) is 0 Å². The number of primary amides is 1. The summed E-state index contributed by atoms with van der Waals surface area (Å²) in [5, 5.41) is 10.8. The van der Waals surface area contributed by atoms with Crippen LogP contribution in [0, 0.1) is 5.41 Å². The molecule has 4 nitrogen and oxygen atoms in total. The van der Waals surface area contributed by atoms with Crippen LogP contribution in [0.5, 0.6) is 5.75 Å². The number of amides is 1. The summed E-state index contributed by atoms with van der Waals surface area (Å²) in [5.41, 5.74) is 5.72. The molecule has 0 aliphatic rings. The van der Waals surface area contributed by atoms with Crippen molar-refractivity contribution in [1.29, 1.82) is 0 Å². The summed E-state index contributed by atoms with van der Waals surface area (Å²) in [4.78, 5) is 15.9. The van der Waals surface area contributed by atoms with Gasteiger partial charge in [0.25, 0.3) is 0 Å². The second-order valence-corrected chi connectivity index (χ2v) is 6.38. The monoisotopic (exact) mass is 338 g/mol. The Morgan fingerprint density at radius 1 is 1.23 bits per heavy atom. The van der Waals surface area contributed by atoms with Gasteiger partial charge in [0.15, 0.2) is 0 Å². The van der Waals surface area contributed by atoms with E-state index in [0.29, 0.717) is 10.6 Å². The number of nitrogens with two attached hydrogens (primary N) is 1. The highest BCUT2D eigenvalue weighted by atomic mass is 35.5. The van der Waals surface area contributed by atoms with Crippen LogP contribution in [0.4, 0.5) is 0 Å². The van der Waals surface area contributed by atoms with Gasteiger partial charge in [0.2, 0.25) is 5.91 Å². The molecule has 116 valence electrons. The highest BCUT2D eigenvalue weighted by Crippen LogP contribution is 2.48. The summed E-state index contributed by atoms with van der Waals surface area (Å²) in [6.45, 7) is 3.41. The smallest absolute Gasteiger partial charge is 0.224 e. The molecule has 1 atom stereocenters. The van der Waals surface area contributed by atoms with Gasteiger partial charge in [0.1, 0.15) is 5.75 Å². The highest BCUT2D eigenvalue weighted by molar-refractivity contribution is 6.42. The molecular weight excluding hydrogens is 323 g/mol. The first kappa shape index (κ1) is 16.6. The van der Waals surface area contributed by atoms with Crippen molar-refractivity contribution in [1.82, 2.24) is 4.98 Å². The standard InChI is InChI=1S/C16H16Cl2N2O2/c1-16(2,15(19)22)13(9-5-7-20-8-6-9)12-11(21)4-3-10(17)14(12)18/h3-8,13,21H,1-2H3,(H2,19,22). The molecular formula is C16H16Cl2N2O2. The summed E-state index contributed by atoms with van der Waals surface area (Å²) in [5.74, 6) is -1.10. The van der Waals surface area contributed by atoms with Crippen LogP contribution in [0.15, 0.2) is 36.7 Å². The minimum atomic E-state index is -0.993. The van der Waals surface area contributed by atoms with Crippen LogP contribution in [0.1, 0.15) is 30.9 Å². The lowest BCUT2D eigenvalue weighted by molar-refractivity contribution is -0.126. The number of hydrogen-bond acceptors (Lipinski definition) is 3. The molecule has 2 rings (SSSR count). The molecule has 1 heterocycles. The number of aromatic hydroxyl groups is 1. The van der Waals surface area contributed by atoms with E-state index in [0.717, 1.165) is 5.56 Å². The molecule has 1 aromatic carbocycles. The molecule has 0 saturated carbocycles. The molecule has 0 fully saturated rings. The number of rotatable bonds is 4. The van der Waals surface area contributed by atoms with Crippen LogP contribution in [0.2, 0.25) is 10.0 Å². The Morgan fingerprint density at radius 2 is 1.82 bits per heavy atom. The minimum absolute atomic E-state index is 0.0365. The molecule has 1 amide bonds. The van der Waals surface area contributed by atoms with E-state index in [1.54, 1.807) is 38.4 Å². The normalized spacial score (nSPS) is 12.9. The average Bonchev–Trinajstić information content (AvgIpc) is 2.48. The van der Waals surface area contributed by atoms with Crippen molar-refractivity contribution in [2.24, 2.45) is 11.1 Å². The Morgan fingerprint density at radius 3 is 2.36 bits per heavy atom. The predicted octanol–water partition coefficient (Wildman–Crippen LogP) is 3.74. The van der Waals surface area contributed by atoms with E-state index < -0.39 is 17.2 Å². The number of benzene rings is 1. The Labute approximate surface area is 138 Å². The zero-order valence-corrected chi connectivity index (χ0v) is 13.7. The first-order valence-corrected chi connectivity index (χ1v) is 7.39. The molecule has 3 N–H and O–H groups in total. The van der Waals surface area contributed by atoms with E-state index in [9.17, 15) is 9.90 Å². The lowest BCUT2D eigenvalue weighted by atomic mass is 9.70. The summed E-state index contributed by atoms with van der Waals surface area (Å²) in [6.07, 6.45) is 3.21. The lowest BCUT2D eigenvalue weighted by Crippen LogP contribution is -2.37. The number of carbonyl (C=O) groups excluding carboxylic acids is 1. The van der Waals surface area contributed by atoms with Crippen molar-refractivity contribution in [2.75, 3.05) is 0 Å². The molecule has 0 bridgehead atoms. The maximum absolute atomic E-state index is 12.0. The van der Waals surface area contributed by atoms with Crippen LogP contribution >= 0.6 is 23.2 Å². The van der Waals surface area contributed by atoms with E-state index in [1.807, 2.05) is 0 Å². The van der Waals surface area contributed by atoms with Gasteiger partial charge in [0.05, 0.1) is 15.5 Å². The van der Waals surface area contributed by atoms with Gasteiger partial charge in [-0.05, 0) is 29.8 Å². The number of pyridine rings is 1. The number of phenols is 1. The first-order chi connectivity index (χ1) is 10.3. The summed E-state index contributed by atoms with van der Waals surface area (Å²) >= 11 is 12.4. The topological polar surface area (TPSA) is 76.2 Å². The molecule has 0 spiro atoms. The van der Waals surface area contributed by atoms with Crippen molar-refractivity contribution in [2.45, 2.75) is 19.8 Å². The van der Waals surface area contributed by atoms with Crippen LogP contribution in [-0.4, -0.2) is 16.0 Å². The second kappa shape index (κ2) is 6.15. The van der Waals surface area contributed by atoms with Crippen LogP contribution in [0.25, 0.3) is 0 Å². The second-order valence-electron chi connectivity index (χ2n) is 5.59. The maximum Gasteiger partial charge on any atom is 0.224 e. The fourth-order valence-corrected chi connectivity index (χ4v) is 2.91. The fourth-order valence-electron chi connectivity index (χ4n) is 2.47. The van der Waals surface area contributed by atoms with Crippen LogP contribution in [0.3, 0.4) is 0 Å². The average molecular weight is 339 g/mol. The maximum atomic E-state index is 12.0. The first-order valence-electron chi connectivity index (χ1n) is 6.63. The van der Waals surface area contributed by atoms with Crippen molar-refractivity contribution >= 4 is 29.1 Å². The quantitative estimate of drug-likeness (QED) is 0.891. The molecule has 0 saturated heterocycles. The lowest BCUT2D eigenvalue weighted by Gasteiger charge is -2.33. The van der Waals surface area contributed by atoms with Crippen molar-refractivity contribution < 1.29 is 9.90 Å². The third kappa shape index (κ3) is 2.89. The van der Waals surface area contributed by atoms with E-state index in [4.69, 9.17) is 28.9 Å². The largest absolute Gasteiger partial charge is 0.508 e. The van der Waals surface area contributed by atoms with Gasteiger partial charge in [0, 0.05) is 23.9 Å². The third-order valence-corrected chi connectivity index (χ3v) is 4.61. The summed E-state index contributed by atoms with van der Waals surface area (Å²) in [7, 11) is 0. The number of aromatic nitrogens is 1. The predicted molar refractivity (Wildman–Crippen MR) is 87.2 cm³/mol. The minimum Gasteiger partial charge on any atom is -0.508 e. The molecule has 2 aromatic rings. The Balaban J connectivity index is 2.76. The van der Waals surface area contributed by atoms with Crippen molar-refractivity contribution in [3.63, 3.8) is 0 Å². The van der Waals surface area contributed by atoms with Gasteiger partial charge in [-0.15, -0.1) is 0 Å². The SMILES string of the molecule is CC(C)(C(N)=O)C(c1ccncc1)c1c(O)ccc(Cl)c1Cl. The van der Waals surface area contributed by atoms with E-state index in [-0.39, 0.29) is 10.8 Å². The van der Waals surface area contributed by atoms with Crippen molar-refractivity contribution in [3.05, 3.63) is 57.8 Å². The van der Waals surface area contributed by atoms with Crippen molar-refractivity contribution in [3.8, 4) is 5.75 Å². The van der Waals surface area contributed by atoms with E-state index >= 15 is 0 Å². The van der Waals surface area contributed by atoms with Gasteiger partial charge in [-0.3, -0.25) is 9.78 Å². The molecule has 0 aliphatic carbocycles. The highest BCUT2D eigenvalue weighted by Gasteiger charge is 2.40. The van der Waals surface area contributed by atoms with Gasteiger partial charge < -0.3 is 10.8 Å². The van der Waals surface area contributed by atoms with E-state index in [1.165, 1.54) is 12.1 Å². The van der Waals surface area contributed by atoms with Crippen LogP contribution < -0.4 is 5.73 Å². The number of hydrogen-bond donors (Lipinski definition) is 2. The van der Waals surface area contributed by atoms with Gasteiger partial charge in [-0.1, -0.05) is 37.0 Å². The number of phenolic OH excluding ortho intramolecular Hbond substituents is 1. The summed E-state index contributed by atoms with van der Waals surface area (Å²) in [6, 6.07) is 6.47.